The second kappa shape index (κ2) is 5.54. The standard InChI is InChI=1S/C10H11F3N2O4S2/c1-19-9(16)6-2-3-21(17,18)15(6)4-8-14-7(5-20-8)10(11,12)13/h5-6H,2-4H2,1H3/t6-/m0/s1. The van der Waals surface area contributed by atoms with Crippen molar-refractivity contribution >= 4 is 27.3 Å². The van der Waals surface area contributed by atoms with E-state index >= 15 is 0 Å². The average Bonchev–Trinajstić information content (AvgIpc) is 2.95. The van der Waals surface area contributed by atoms with Crippen molar-refractivity contribution in [2.24, 2.45) is 0 Å². The van der Waals surface area contributed by atoms with Gasteiger partial charge >= 0.3 is 12.1 Å². The molecule has 0 aliphatic carbocycles. The number of ether oxygens (including phenoxy) is 1. The summed E-state index contributed by atoms with van der Waals surface area (Å²) in [7, 11) is -2.58. The van der Waals surface area contributed by atoms with Gasteiger partial charge in [0.15, 0.2) is 5.69 Å². The summed E-state index contributed by atoms with van der Waals surface area (Å²) >= 11 is 0.696. The molecule has 118 valence electrons. The Labute approximate surface area is 122 Å². The number of methoxy groups -OCH3 is 1. The number of alkyl halides is 3. The Morgan fingerprint density at radius 3 is 2.76 bits per heavy atom. The Kier molecular flexibility index (Phi) is 4.26. The molecule has 11 heteroatoms. The van der Waals surface area contributed by atoms with Crippen molar-refractivity contribution in [2.75, 3.05) is 12.9 Å². The summed E-state index contributed by atoms with van der Waals surface area (Å²) in [5.74, 6) is -0.978. The highest BCUT2D eigenvalue weighted by Crippen LogP contribution is 2.32. The van der Waals surface area contributed by atoms with E-state index in [1.165, 1.54) is 0 Å². The summed E-state index contributed by atoms with van der Waals surface area (Å²) in [4.78, 5) is 14.9. The van der Waals surface area contributed by atoms with Crippen LogP contribution in [0.4, 0.5) is 13.2 Å². The molecule has 2 rings (SSSR count). The molecule has 0 amide bonds. The highest BCUT2D eigenvalue weighted by Gasteiger charge is 2.43. The van der Waals surface area contributed by atoms with Crippen molar-refractivity contribution < 1.29 is 31.1 Å². The smallest absolute Gasteiger partial charge is 0.434 e. The maximum atomic E-state index is 12.5. The van der Waals surface area contributed by atoms with Gasteiger partial charge in [0.25, 0.3) is 0 Å². The van der Waals surface area contributed by atoms with Crippen molar-refractivity contribution in [1.82, 2.24) is 9.29 Å². The SMILES string of the molecule is COC(=O)[C@@H]1CCS(=O)(=O)N1Cc1nc(C(F)(F)F)cs1. The Balaban J connectivity index is 2.23. The molecule has 1 aromatic rings. The summed E-state index contributed by atoms with van der Waals surface area (Å²) in [5.41, 5.74) is -1.08. The number of nitrogens with zero attached hydrogens (tertiary/aromatic N) is 2. The molecular formula is C10H11F3N2O4S2. The van der Waals surface area contributed by atoms with Crippen LogP contribution in [0.2, 0.25) is 0 Å². The number of halogens is 3. The van der Waals surface area contributed by atoms with Gasteiger partial charge in [-0.25, -0.2) is 13.4 Å². The number of carbonyl (C=O) groups excluding carboxylic acids is 1. The number of hydrogen-bond acceptors (Lipinski definition) is 6. The Hall–Kier alpha value is -1.20. The zero-order chi connectivity index (χ0) is 15.8. The van der Waals surface area contributed by atoms with Crippen LogP contribution in [0, 0.1) is 0 Å². The molecule has 1 atom stereocenters. The number of esters is 1. The molecule has 0 N–H and O–H groups in total. The molecule has 0 radical (unpaired) electrons. The van der Waals surface area contributed by atoms with Crippen LogP contribution in [-0.4, -0.2) is 42.6 Å². The predicted octanol–water partition coefficient (Wildman–Crippen LogP) is 1.24. The minimum atomic E-state index is -4.58. The normalized spacial score (nSPS) is 22.4. The van der Waals surface area contributed by atoms with Gasteiger partial charge in [0.2, 0.25) is 10.0 Å². The highest BCUT2D eigenvalue weighted by atomic mass is 32.2. The first-order valence-electron chi connectivity index (χ1n) is 5.74. The van der Waals surface area contributed by atoms with E-state index in [9.17, 15) is 26.4 Å². The Morgan fingerprint density at radius 1 is 1.57 bits per heavy atom. The zero-order valence-corrected chi connectivity index (χ0v) is 12.4. The molecule has 0 saturated carbocycles. The third-order valence-corrected chi connectivity index (χ3v) is 5.64. The van der Waals surface area contributed by atoms with Gasteiger partial charge in [0, 0.05) is 5.38 Å². The maximum absolute atomic E-state index is 12.5. The summed E-state index contributed by atoms with van der Waals surface area (Å²) in [5, 5.41) is 0.784. The molecule has 0 unspecified atom stereocenters. The lowest BCUT2D eigenvalue weighted by atomic mass is 10.2. The quantitative estimate of drug-likeness (QED) is 0.771. The van der Waals surface area contributed by atoms with E-state index in [1.54, 1.807) is 0 Å². The van der Waals surface area contributed by atoms with Crippen LogP contribution >= 0.6 is 11.3 Å². The van der Waals surface area contributed by atoms with Crippen LogP contribution in [0.1, 0.15) is 17.1 Å². The third kappa shape index (κ3) is 3.35. The van der Waals surface area contributed by atoms with E-state index in [0.29, 0.717) is 11.3 Å². The topological polar surface area (TPSA) is 76.6 Å². The van der Waals surface area contributed by atoms with Crippen LogP contribution in [0.25, 0.3) is 0 Å². The minimum absolute atomic E-state index is 0.0262. The number of sulfonamides is 1. The highest BCUT2D eigenvalue weighted by molar-refractivity contribution is 7.89. The molecule has 21 heavy (non-hydrogen) atoms. The second-order valence-electron chi connectivity index (χ2n) is 4.31. The molecule has 1 aliphatic heterocycles. The number of hydrogen-bond donors (Lipinski definition) is 0. The molecule has 6 nitrogen and oxygen atoms in total. The lowest BCUT2D eigenvalue weighted by Gasteiger charge is -2.19. The van der Waals surface area contributed by atoms with Crippen LogP contribution in [0.3, 0.4) is 0 Å². The van der Waals surface area contributed by atoms with E-state index in [4.69, 9.17) is 0 Å². The second-order valence-corrected chi connectivity index (χ2v) is 7.30. The maximum Gasteiger partial charge on any atom is 0.434 e. The van der Waals surface area contributed by atoms with Crippen molar-refractivity contribution in [3.05, 3.63) is 16.1 Å². The number of thiazole rings is 1. The average molecular weight is 344 g/mol. The van der Waals surface area contributed by atoms with E-state index in [2.05, 4.69) is 9.72 Å². The molecule has 2 heterocycles. The number of rotatable bonds is 3. The van der Waals surface area contributed by atoms with E-state index in [-0.39, 0.29) is 23.7 Å². The van der Waals surface area contributed by atoms with Gasteiger partial charge in [0.1, 0.15) is 11.0 Å². The fourth-order valence-electron chi connectivity index (χ4n) is 1.94. The van der Waals surface area contributed by atoms with Gasteiger partial charge in [0.05, 0.1) is 19.4 Å². The van der Waals surface area contributed by atoms with Crippen LogP contribution < -0.4 is 0 Å². The number of carbonyl (C=O) groups is 1. The van der Waals surface area contributed by atoms with Gasteiger partial charge in [-0.2, -0.15) is 17.5 Å². The molecule has 1 aliphatic rings. The van der Waals surface area contributed by atoms with Crippen LogP contribution in [-0.2, 0) is 32.3 Å². The van der Waals surface area contributed by atoms with E-state index in [0.717, 1.165) is 16.8 Å². The van der Waals surface area contributed by atoms with Crippen molar-refractivity contribution in [3.8, 4) is 0 Å². The number of aromatic nitrogens is 1. The fraction of sp³-hybridized carbons (Fsp3) is 0.600. The third-order valence-electron chi connectivity index (χ3n) is 2.96. The first-order valence-corrected chi connectivity index (χ1v) is 8.23. The molecule has 0 spiro atoms. The van der Waals surface area contributed by atoms with Gasteiger partial charge in [-0.15, -0.1) is 11.3 Å². The van der Waals surface area contributed by atoms with Crippen LogP contribution in [0.5, 0.6) is 0 Å². The molecule has 1 aromatic heterocycles. The lowest BCUT2D eigenvalue weighted by molar-refractivity contribution is -0.145. The Bertz CT molecular complexity index is 641. The van der Waals surface area contributed by atoms with Crippen molar-refractivity contribution in [1.29, 1.82) is 0 Å². The minimum Gasteiger partial charge on any atom is -0.468 e. The zero-order valence-electron chi connectivity index (χ0n) is 10.8. The summed E-state index contributed by atoms with van der Waals surface area (Å²) in [6, 6.07) is -1.02. The predicted molar refractivity (Wildman–Crippen MR) is 66.9 cm³/mol. The monoisotopic (exact) mass is 344 g/mol. The van der Waals surface area contributed by atoms with Gasteiger partial charge < -0.3 is 4.74 Å². The van der Waals surface area contributed by atoms with Gasteiger partial charge in [-0.1, -0.05) is 0 Å². The van der Waals surface area contributed by atoms with Crippen molar-refractivity contribution in [3.63, 3.8) is 0 Å². The van der Waals surface area contributed by atoms with Gasteiger partial charge in [-0.3, -0.25) is 4.79 Å². The molecular weight excluding hydrogens is 333 g/mol. The first-order chi connectivity index (χ1) is 9.65. The fourth-order valence-corrected chi connectivity index (χ4v) is 4.48. The largest absolute Gasteiger partial charge is 0.468 e. The lowest BCUT2D eigenvalue weighted by Crippen LogP contribution is -2.38. The molecule has 1 saturated heterocycles. The summed E-state index contributed by atoms with van der Waals surface area (Å²) < 4.78 is 66.5. The van der Waals surface area contributed by atoms with Crippen LogP contribution in [0.15, 0.2) is 5.38 Å². The Morgan fingerprint density at radius 2 is 2.24 bits per heavy atom. The first kappa shape index (κ1) is 16.2. The van der Waals surface area contributed by atoms with E-state index in [1.807, 2.05) is 0 Å². The van der Waals surface area contributed by atoms with E-state index < -0.39 is 33.9 Å². The summed E-state index contributed by atoms with van der Waals surface area (Å²) in [6.45, 7) is -0.372. The molecule has 0 bridgehead atoms. The molecule has 1 fully saturated rings. The molecule has 0 aromatic carbocycles. The van der Waals surface area contributed by atoms with Crippen molar-refractivity contribution in [2.45, 2.75) is 25.2 Å². The van der Waals surface area contributed by atoms with Gasteiger partial charge in [-0.05, 0) is 6.42 Å². The summed E-state index contributed by atoms with van der Waals surface area (Å²) in [6.07, 6.45) is -4.53.